The number of rotatable bonds is 4. The smallest absolute Gasteiger partial charge is 0.233 e. The van der Waals surface area contributed by atoms with Crippen LogP contribution in [0.15, 0.2) is 29.2 Å². The summed E-state index contributed by atoms with van der Waals surface area (Å²) in [7, 11) is -2.97. The molecule has 20 heavy (non-hydrogen) atoms. The molecule has 1 aromatic rings. The van der Waals surface area contributed by atoms with Crippen LogP contribution in [-0.4, -0.2) is 37.1 Å². The van der Waals surface area contributed by atoms with Crippen molar-refractivity contribution in [1.29, 1.82) is 0 Å². The third-order valence-electron chi connectivity index (χ3n) is 3.07. The molecular formula is C13H16ClNO3S2. The summed E-state index contributed by atoms with van der Waals surface area (Å²) in [6, 6.07) is 7.02. The van der Waals surface area contributed by atoms with Crippen LogP contribution < -0.4 is 5.32 Å². The van der Waals surface area contributed by atoms with Crippen LogP contribution in [0, 0.1) is 0 Å². The van der Waals surface area contributed by atoms with Gasteiger partial charge in [0.25, 0.3) is 0 Å². The van der Waals surface area contributed by atoms with Crippen LogP contribution in [0.1, 0.15) is 13.3 Å². The second-order valence-electron chi connectivity index (χ2n) is 4.82. The number of carbonyl (C=O) groups is 1. The summed E-state index contributed by atoms with van der Waals surface area (Å²) in [5, 5.41) is 3.18. The lowest BCUT2D eigenvalue weighted by molar-refractivity contribution is -0.120. The molecule has 1 heterocycles. The molecule has 1 aliphatic rings. The maximum atomic E-state index is 12.0. The molecule has 1 aromatic carbocycles. The Balaban J connectivity index is 1.88. The fraction of sp³-hybridized carbons (Fsp3) is 0.462. The number of amides is 1. The summed E-state index contributed by atoms with van der Waals surface area (Å²) in [5.74, 6) is 0.0836. The zero-order chi connectivity index (χ0) is 14.8. The molecule has 0 radical (unpaired) electrons. The van der Waals surface area contributed by atoms with Crippen LogP contribution in [0.2, 0.25) is 5.02 Å². The quantitative estimate of drug-likeness (QED) is 0.857. The summed E-state index contributed by atoms with van der Waals surface area (Å²) in [6.07, 6.45) is 0.506. The fourth-order valence-electron chi connectivity index (χ4n) is 2.00. The molecular weight excluding hydrogens is 318 g/mol. The van der Waals surface area contributed by atoms with Crippen LogP contribution in [-0.2, 0) is 14.6 Å². The highest BCUT2D eigenvalue weighted by Gasteiger charge is 2.30. The van der Waals surface area contributed by atoms with Gasteiger partial charge in [-0.2, -0.15) is 0 Å². The zero-order valence-electron chi connectivity index (χ0n) is 11.0. The molecule has 0 aliphatic carbocycles. The first-order valence-corrected chi connectivity index (χ1v) is 9.37. The number of benzene rings is 1. The summed E-state index contributed by atoms with van der Waals surface area (Å²) >= 11 is 7.23. The summed E-state index contributed by atoms with van der Waals surface area (Å²) in [6.45, 7) is 1.80. The van der Waals surface area contributed by atoms with Gasteiger partial charge in [0.2, 0.25) is 5.91 Å². The van der Waals surface area contributed by atoms with Crippen molar-refractivity contribution >= 4 is 39.1 Å². The Morgan fingerprint density at radius 3 is 2.60 bits per heavy atom. The first kappa shape index (κ1) is 15.7. The number of hydrogen-bond donors (Lipinski definition) is 1. The van der Waals surface area contributed by atoms with Gasteiger partial charge in [-0.05, 0) is 37.6 Å². The minimum atomic E-state index is -2.97. The van der Waals surface area contributed by atoms with E-state index in [1.54, 1.807) is 19.1 Å². The zero-order valence-corrected chi connectivity index (χ0v) is 13.4. The van der Waals surface area contributed by atoms with E-state index in [9.17, 15) is 13.2 Å². The Morgan fingerprint density at radius 2 is 2.05 bits per heavy atom. The van der Waals surface area contributed by atoms with E-state index in [-0.39, 0.29) is 28.7 Å². The number of halogens is 1. The Hall–Kier alpha value is -0.720. The van der Waals surface area contributed by atoms with Gasteiger partial charge in [-0.3, -0.25) is 4.79 Å². The van der Waals surface area contributed by atoms with E-state index < -0.39 is 9.84 Å². The standard InChI is InChI=1S/C13H16ClNO3S2/c1-9(19-12-4-2-10(14)3-5-12)13(16)15-11-6-7-20(17,18)8-11/h2-5,9,11H,6-8H2,1H3,(H,15,16). The highest BCUT2D eigenvalue weighted by molar-refractivity contribution is 8.00. The van der Waals surface area contributed by atoms with Gasteiger partial charge in [-0.25, -0.2) is 8.42 Å². The maximum absolute atomic E-state index is 12.0. The topological polar surface area (TPSA) is 63.2 Å². The van der Waals surface area contributed by atoms with E-state index in [2.05, 4.69) is 5.32 Å². The molecule has 2 rings (SSSR count). The fourth-order valence-corrected chi connectivity index (χ4v) is 4.67. The molecule has 1 fully saturated rings. The van der Waals surface area contributed by atoms with Crippen molar-refractivity contribution in [1.82, 2.24) is 5.32 Å². The van der Waals surface area contributed by atoms with Gasteiger partial charge in [0.1, 0.15) is 0 Å². The van der Waals surface area contributed by atoms with Gasteiger partial charge in [0, 0.05) is 16.0 Å². The molecule has 2 atom stereocenters. The van der Waals surface area contributed by atoms with Crippen molar-refractivity contribution in [3.8, 4) is 0 Å². The molecule has 0 spiro atoms. The van der Waals surface area contributed by atoms with Crippen LogP contribution in [0.5, 0.6) is 0 Å². The molecule has 2 unspecified atom stereocenters. The Kier molecular flexibility index (Phi) is 4.99. The van der Waals surface area contributed by atoms with Gasteiger partial charge >= 0.3 is 0 Å². The molecule has 0 aromatic heterocycles. The van der Waals surface area contributed by atoms with Crippen molar-refractivity contribution in [3.63, 3.8) is 0 Å². The predicted molar refractivity (Wildman–Crippen MR) is 82.0 cm³/mol. The number of thioether (sulfide) groups is 1. The molecule has 0 saturated carbocycles. The van der Waals surface area contributed by atoms with E-state index in [0.717, 1.165) is 4.90 Å². The van der Waals surface area contributed by atoms with Crippen molar-refractivity contribution < 1.29 is 13.2 Å². The van der Waals surface area contributed by atoms with Gasteiger partial charge < -0.3 is 5.32 Å². The average Bonchev–Trinajstić information content (AvgIpc) is 2.71. The average molecular weight is 334 g/mol. The van der Waals surface area contributed by atoms with Crippen LogP contribution in [0.3, 0.4) is 0 Å². The Labute approximate surface area is 128 Å². The molecule has 7 heteroatoms. The summed E-state index contributed by atoms with van der Waals surface area (Å²) in [5.41, 5.74) is 0. The Morgan fingerprint density at radius 1 is 1.40 bits per heavy atom. The van der Waals surface area contributed by atoms with Crippen LogP contribution in [0.25, 0.3) is 0 Å². The second kappa shape index (κ2) is 6.37. The SMILES string of the molecule is CC(Sc1ccc(Cl)cc1)C(=O)NC1CCS(=O)(=O)C1. The van der Waals surface area contributed by atoms with E-state index in [1.165, 1.54) is 11.8 Å². The first-order chi connectivity index (χ1) is 9.35. The normalized spacial score (nSPS) is 22.4. The Bertz CT molecular complexity index is 586. The van der Waals surface area contributed by atoms with Crippen molar-refractivity contribution in [2.45, 2.75) is 29.5 Å². The van der Waals surface area contributed by atoms with Gasteiger partial charge in [0.05, 0.1) is 16.8 Å². The maximum Gasteiger partial charge on any atom is 0.233 e. The largest absolute Gasteiger partial charge is 0.351 e. The van der Waals surface area contributed by atoms with Gasteiger partial charge in [-0.1, -0.05) is 11.6 Å². The lowest BCUT2D eigenvalue weighted by Crippen LogP contribution is -2.39. The number of nitrogens with one attached hydrogen (secondary N) is 1. The minimum Gasteiger partial charge on any atom is -0.351 e. The monoisotopic (exact) mass is 333 g/mol. The van der Waals surface area contributed by atoms with E-state index in [4.69, 9.17) is 11.6 Å². The number of hydrogen-bond acceptors (Lipinski definition) is 4. The number of carbonyl (C=O) groups excluding carboxylic acids is 1. The van der Waals surface area contributed by atoms with E-state index in [0.29, 0.717) is 11.4 Å². The molecule has 4 nitrogen and oxygen atoms in total. The van der Waals surface area contributed by atoms with E-state index in [1.807, 2.05) is 12.1 Å². The molecule has 1 amide bonds. The van der Waals surface area contributed by atoms with Crippen LogP contribution in [0.4, 0.5) is 0 Å². The molecule has 1 N–H and O–H groups in total. The van der Waals surface area contributed by atoms with Gasteiger partial charge in [0.15, 0.2) is 9.84 Å². The van der Waals surface area contributed by atoms with Crippen molar-refractivity contribution in [2.75, 3.05) is 11.5 Å². The minimum absolute atomic E-state index is 0.0527. The molecule has 110 valence electrons. The second-order valence-corrected chi connectivity index (χ2v) is 8.90. The highest BCUT2D eigenvalue weighted by atomic mass is 35.5. The lowest BCUT2D eigenvalue weighted by Gasteiger charge is -2.15. The highest BCUT2D eigenvalue weighted by Crippen LogP contribution is 2.25. The third kappa shape index (κ3) is 4.40. The lowest BCUT2D eigenvalue weighted by atomic mass is 10.2. The van der Waals surface area contributed by atoms with Crippen molar-refractivity contribution in [2.24, 2.45) is 0 Å². The van der Waals surface area contributed by atoms with E-state index >= 15 is 0 Å². The predicted octanol–water partition coefficient (Wildman–Crippen LogP) is 2.12. The van der Waals surface area contributed by atoms with Crippen LogP contribution >= 0.6 is 23.4 Å². The first-order valence-electron chi connectivity index (χ1n) is 6.29. The van der Waals surface area contributed by atoms with Gasteiger partial charge in [-0.15, -0.1) is 11.8 Å². The summed E-state index contributed by atoms with van der Waals surface area (Å²) < 4.78 is 22.7. The molecule has 1 saturated heterocycles. The number of sulfone groups is 1. The van der Waals surface area contributed by atoms with Crippen molar-refractivity contribution in [3.05, 3.63) is 29.3 Å². The third-order valence-corrected chi connectivity index (χ3v) is 6.21. The molecule has 0 bridgehead atoms. The summed E-state index contributed by atoms with van der Waals surface area (Å²) in [4.78, 5) is 13.0. The molecule has 1 aliphatic heterocycles.